The number of aromatic nitrogens is 1. The Morgan fingerprint density at radius 3 is 2.56 bits per heavy atom. The van der Waals surface area contributed by atoms with E-state index >= 15 is 0 Å². The van der Waals surface area contributed by atoms with Gasteiger partial charge in [0.15, 0.2) is 0 Å². The summed E-state index contributed by atoms with van der Waals surface area (Å²) in [6.45, 7) is 3.87. The number of nitro benzene ring substituents is 1. The van der Waals surface area contributed by atoms with Crippen LogP contribution in [-0.4, -0.2) is 26.8 Å². The number of hydrogen-bond donors (Lipinski definition) is 0. The first-order chi connectivity index (χ1) is 15.5. The summed E-state index contributed by atoms with van der Waals surface area (Å²) in [5.41, 5.74) is 2.81. The van der Waals surface area contributed by atoms with Crippen LogP contribution < -0.4 is 0 Å². The Bertz CT molecular complexity index is 1090. The molecule has 0 aliphatic rings. The first kappa shape index (κ1) is 23.3. The van der Waals surface area contributed by atoms with Gasteiger partial charge in [-0.25, -0.2) is 0 Å². The topological polar surface area (TPSA) is 68.4 Å². The van der Waals surface area contributed by atoms with Crippen molar-refractivity contribution in [3.05, 3.63) is 105 Å². The summed E-state index contributed by atoms with van der Waals surface area (Å²) < 4.78 is 2.10. The third kappa shape index (κ3) is 6.31. The van der Waals surface area contributed by atoms with E-state index in [0.717, 1.165) is 34.7 Å². The van der Waals surface area contributed by atoms with E-state index in [1.165, 1.54) is 18.2 Å². The second-order valence-electron chi connectivity index (χ2n) is 7.51. The minimum absolute atomic E-state index is 0.0253. The summed E-state index contributed by atoms with van der Waals surface area (Å²) in [5, 5.41) is 11.5. The van der Waals surface area contributed by atoms with Gasteiger partial charge in [-0.2, -0.15) is 0 Å². The second-order valence-corrected chi connectivity index (χ2v) is 7.92. The predicted octanol–water partition coefficient (Wildman–Crippen LogP) is 5.94. The van der Waals surface area contributed by atoms with E-state index < -0.39 is 4.92 Å². The molecule has 6 nitrogen and oxygen atoms in total. The van der Waals surface area contributed by atoms with E-state index in [9.17, 15) is 14.9 Å². The molecule has 3 aromatic rings. The van der Waals surface area contributed by atoms with E-state index in [0.29, 0.717) is 19.6 Å². The second kappa shape index (κ2) is 11.3. The van der Waals surface area contributed by atoms with E-state index in [4.69, 9.17) is 11.6 Å². The summed E-state index contributed by atoms with van der Waals surface area (Å²) in [5.74, 6) is -0.0951. The molecule has 0 bridgehead atoms. The number of carbonyl (C=O) groups is 1. The highest BCUT2D eigenvalue weighted by Gasteiger charge is 2.14. The van der Waals surface area contributed by atoms with Crippen LogP contribution in [0.1, 0.15) is 36.6 Å². The molecule has 7 heteroatoms. The maximum absolute atomic E-state index is 12.9. The molecule has 0 atom stereocenters. The van der Waals surface area contributed by atoms with E-state index in [2.05, 4.69) is 11.5 Å². The van der Waals surface area contributed by atoms with Crippen molar-refractivity contribution in [1.29, 1.82) is 0 Å². The SMILES string of the molecule is CCCCN(Cc1cccn1Cc1ccccc1Cl)C(=O)/C=C/c1ccc([N+](=O)[O-])cc1. The number of nitro groups is 1. The average Bonchev–Trinajstić information content (AvgIpc) is 3.23. The minimum Gasteiger partial charge on any atom is -0.345 e. The Morgan fingerprint density at radius 1 is 1.12 bits per heavy atom. The summed E-state index contributed by atoms with van der Waals surface area (Å²) >= 11 is 6.32. The third-order valence-corrected chi connectivity index (χ3v) is 5.56. The fourth-order valence-corrected chi connectivity index (χ4v) is 3.54. The molecule has 0 spiro atoms. The molecular weight excluding hydrogens is 426 g/mol. The van der Waals surface area contributed by atoms with Gasteiger partial charge in [-0.15, -0.1) is 0 Å². The Kier molecular flexibility index (Phi) is 8.22. The van der Waals surface area contributed by atoms with Crippen molar-refractivity contribution in [2.24, 2.45) is 0 Å². The van der Waals surface area contributed by atoms with Crippen molar-refractivity contribution in [3.63, 3.8) is 0 Å². The minimum atomic E-state index is -0.442. The van der Waals surface area contributed by atoms with Crippen molar-refractivity contribution in [3.8, 4) is 0 Å². The van der Waals surface area contributed by atoms with Gasteiger partial charge in [-0.3, -0.25) is 14.9 Å². The average molecular weight is 452 g/mol. The van der Waals surface area contributed by atoms with E-state index in [1.807, 2.05) is 47.5 Å². The number of halogens is 1. The zero-order chi connectivity index (χ0) is 22.9. The summed E-state index contributed by atoms with van der Waals surface area (Å²) in [6, 6.07) is 17.9. The molecule has 1 amide bonds. The van der Waals surface area contributed by atoms with Gasteiger partial charge in [0.25, 0.3) is 5.69 Å². The molecule has 0 aliphatic carbocycles. The van der Waals surface area contributed by atoms with Crippen LogP contribution >= 0.6 is 11.6 Å². The molecule has 0 unspecified atom stereocenters. The highest BCUT2D eigenvalue weighted by Crippen LogP contribution is 2.19. The molecule has 1 heterocycles. The van der Waals surface area contributed by atoms with Gasteiger partial charge in [0, 0.05) is 48.2 Å². The van der Waals surface area contributed by atoms with Gasteiger partial charge < -0.3 is 9.47 Å². The number of amides is 1. The first-order valence-corrected chi connectivity index (χ1v) is 10.9. The van der Waals surface area contributed by atoms with Crippen LogP contribution in [0.4, 0.5) is 5.69 Å². The fraction of sp³-hybridized carbons (Fsp3) is 0.240. The van der Waals surface area contributed by atoms with Gasteiger partial charge in [0.2, 0.25) is 5.91 Å². The number of nitrogens with zero attached hydrogens (tertiary/aromatic N) is 3. The van der Waals surface area contributed by atoms with Crippen molar-refractivity contribution in [1.82, 2.24) is 9.47 Å². The summed E-state index contributed by atoms with van der Waals surface area (Å²) in [6.07, 6.45) is 7.10. The first-order valence-electron chi connectivity index (χ1n) is 10.6. The molecular formula is C25H26ClN3O3. The molecule has 0 N–H and O–H groups in total. The van der Waals surface area contributed by atoms with Crippen molar-refractivity contribution in [2.75, 3.05) is 6.54 Å². The molecule has 0 saturated heterocycles. The molecule has 0 saturated carbocycles. The van der Waals surface area contributed by atoms with Crippen LogP contribution in [0.3, 0.4) is 0 Å². The standard InChI is InChI=1S/C25H26ClN3O3/c1-2-3-16-28(25(30)15-12-20-10-13-22(14-11-20)29(31)32)19-23-8-6-17-27(23)18-21-7-4-5-9-24(21)26/h4-15,17H,2-3,16,18-19H2,1H3/b15-12+. The van der Waals surface area contributed by atoms with Gasteiger partial charge in [-0.05, 0) is 54.0 Å². The maximum Gasteiger partial charge on any atom is 0.269 e. The number of hydrogen-bond acceptors (Lipinski definition) is 3. The lowest BCUT2D eigenvalue weighted by atomic mass is 10.2. The molecule has 2 aromatic carbocycles. The van der Waals surface area contributed by atoms with Gasteiger partial charge in [-0.1, -0.05) is 43.1 Å². The molecule has 1 aromatic heterocycles. The number of rotatable bonds is 10. The quantitative estimate of drug-likeness (QED) is 0.217. The Labute approximate surface area is 192 Å². The maximum atomic E-state index is 12.9. The molecule has 0 aliphatic heterocycles. The van der Waals surface area contributed by atoms with Crippen molar-refractivity contribution in [2.45, 2.75) is 32.9 Å². The zero-order valence-electron chi connectivity index (χ0n) is 18.0. The normalized spacial score (nSPS) is 11.1. The van der Waals surface area contributed by atoms with Gasteiger partial charge in [0.1, 0.15) is 0 Å². The molecule has 0 radical (unpaired) electrons. The lowest BCUT2D eigenvalue weighted by Crippen LogP contribution is -2.31. The highest BCUT2D eigenvalue weighted by molar-refractivity contribution is 6.31. The fourth-order valence-electron chi connectivity index (χ4n) is 3.35. The van der Waals surface area contributed by atoms with Crippen LogP contribution in [0, 0.1) is 10.1 Å². The zero-order valence-corrected chi connectivity index (χ0v) is 18.7. The Balaban J connectivity index is 1.73. The summed E-state index contributed by atoms with van der Waals surface area (Å²) in [4.78, 5) is 25.1. The largest absolute Gasteiger partial charge is 0.345 e. The van der Waals surface area contributed by atoms with Crippen LogP contribution in [0.2, 0.25) is 5.02 Å². The third-order valence-electron chi connectivity index (χ3n) is 5.19. The Morgan fingerprint density at radius 2 is 1.88 bits per heavy atom. The van der Waals surface area contributed by atoms with Crippen LogP contribution in [0.25, 0.3) is 6.08 Å². The predicted molar refractivity (Wildman–Crippen MR) is 127 cm³/mol. The molecule has 32 heavy (non-hydrogen) atoms. The molecule has 0 fully saturated rings. The van der Waals surface area contributed by atoms with Crippen LogP contribution in [-0.2, 0) is 17.9 Å². The summed E-state index contributed by atoms with van der Waals surface area (Å²) in [7, 11) is 0. The number of benzene rings is 2. The number of carbonyl (C=O) groups excluding carboxylic acids is 1. The number of non-ortho nitro benzene ring substituents is 1. The smallest absolute Gasteiger partial charge is 0.269 e. The molecule has 166 valence electrons. The van der Waals surface area contributed by atoms with Crippen LogP contribution in [0.15, 0.2) is 72.9 Å². The van der Waals surface area contributed by atoms with Crippen LogP contribution in [0.5, 0.6) is 0 Å². The molecule has 3 rings (SSSR count). The van der Waals surface area contributed by atoms with Gasteiger partial charge >= 0.3 is 0 Å². The van der Waals surface area contributed by atoms with E-state index in [-0.39, 0.29) is 11.6 Å². The Hall–Kier alpha value is -3.38. The lowest BCUT2D eigenvalue weighted by Gasteiger charge is -2.22. The van der Waals surface area contributed by atoms with E-state index in [1.54, 1.807) is 18.2 Å². The van der Waals surface area contributed by atoms with Crippen molar-refractivity contribution >= 4 is 29.3 Å². The van der Waals surface area contributed by atoms with Crippen molar-refractivity contribution < 1.29 is 9.72 Å². The number of unbranched alkanes of at least 4 members (excludes halogenated alkanes) is 1. The monoisotopic (exact) mass is 451 g/mol. The lowest BCUT2D eigenvalue weighted by molar-refractivity contribution is -0.384. The highest BCUT2D eigenvalue weighted by atomic mass is 35.5. The van der Waals surface area contributed by atoms with Gasteiger partial charge in [0.05, 0.1) is 11.5 Å².